The summed E-state index contributed by atoms with van der Waals surface area (Å²) >= 11 is 1.55. The molecule has 0 aliphatic heterocycles. The normalized spacial score (nSPS) is 12.7. The molecule has 1 aromatic carbocycles. The molecule has 0 bridgehead atoms. The van der Waals surface area contributed by atoms with Crippen molar-refractivity contribution in [1.29, 1.82) is 0 Å². The van der Waals surface area contributed by atoms with Crippen LogP contribution in [0.5, 0.6) is 0 Å². The lowest BCUT2D eigenvalue weighted by Gasteiger charge is -2.05. The van der Waals surface area contributed by atoms with E-state index in [2.05, 4.69) is 10.1 Å². The minimum absolute atomic E-state index is 0.422. The molecule has 1 atom stereocenters. The lowest BCUT2D eigenvalue weighted by molar-refractivity contribution is 0.199. The van der Waals surface area contributed by atoms with Crippen molar-refractivity contribution in [1.82, 2.24) is 14.8 Å². The highest BCUT2D eigenvalue weighted by Crippen LogP contribution is 2.26. The highest BCUT2D eigenvalue weighted by molar-refractivity contribution is 7.99. The van der Waals surface area contributed by atoms with Gasteiger partial charge in [0.1, 0.15) is 6.33 Å². The molecule has 0 saturated heterocycles. The van der Waals surface area contributed by atoms with Gasteiger partial charge in [0.25, 0.3) is 0 Å². The molecule has 0 spiro atoms. The Morgan fingerprint density at radius 1 is 1.31 bits per heavy atom. The van der Waals surface area contributed by atoms with Gasteiger partial charge in [0, 0.05) is 11.9 Å². The Morgan fingerprint density at radius 2 is 2.00 bits per heavy atom. The molecule has 0 fully saturated rings. The SMILES string of the molecule is C[C@@H](O)c1ccc(Sc2ncnn2C)cc1. The topological polar surface area (TPSA) is 50.9 Å². The average molecular weight is 235 g/mol. The number of hydrogen-bond donors (Lipinski definition) is 1. The fourth-order valence-electron chi connectivity index (χ4n) is 1.30. The molecule has 84 valence electrons. The van der Waals surface area contributed by atoms with Crippen LogP contribution < -0.4 is 0 Å². The van der Waals surface area contributed by atoms with Crippen molar-refractivity contribution in [2.45, 2.75) is 23.1 Å². The Kier molecular flexibility index (Phi) is 3.26. The second-order valence-corrected chi connectivity index (χ2v) is 4.55. The molecule has 1 aromatic heterocycles. The molecule has 5 heteroatoms. The van der Waals surface area contributed by atoms with E-state index in [0.29, 0.717) is 0 Å². The molecule has 4 nitrogen and oxygen atoms in total. The summed E-state index contributed by atoms with van der Waals surface area (Å²) in [6, 6.07) is 7.79. The van der Waals surface area contributed by atoms with Gasteiger partial charge in [-0.25, -0.2) is 9.67 Å². The van der Waals surface area contributed by atoms with E-state index in [9.17, 15) is 5.11 Å². The van der Waals surface area contributed by atoms with Crippen LogP contribution in [-0.2, 0) is 7.05 Å². The first kappa shape index (κ1) is 11.2. The largest absolute Gasteiger partial charge is 0.389 e. The van der Waals surface area contributed by atoms with Gasteiger partial charge in [0.15, 0.2) is 5.16 Å². The lowest BCUT2D eigenvalue weighted by Crippen LogP contribution is -1.93. The van der Waals surface area contributed by atoms with Crippen LogP contribution in [0.1, 0.15) is 18.6 Å². The van der Waals surface area contributed by atoms with Crippen molar-refractivity contribution in [3.8, 4) is 0 Å². The van der Waals surface area contributed by atoms with E-state index in [4.69, 9.17) is 0 Å². The van der Waals surface area contributed by atoms with Gasteiger partial charge in [-0.3, -0.25) is 0 Å². The number of benzene rings is 1. The molecular weight excluding hydrogens is 222 g/mol. The van der Waals surface area contributed by atoms with E-state index in [1.54, 1.807) is 23.4 Å². The molecule has 0 aliphatic rings. The van der Waals surface area contributed by atoms with Gasteiger partial charge >= 0.3 is 0 Å². The van der Waals surface area contributed by atoms with Crippen LogP contribution in [-0.4, -0.2) is 19.9 Å². The third-order valence-corrected chi connectivity index (χ3v) is 3.30. The molecule has 0 unspecified atom stereocenters. The van der Waals surface area contributed by atoms with Gasteiger partial charge in [-0.2, -0.15) is 5.10 Å². The number of aryl methyl sites for hydroxylation is 1. The Bertz CT molecular complexity index is 464. The van der Waals surface area contributed by atoms with E-state index in [-0.39, 0.29) is 0 Å². The Labute approximate surface area is 98.3 Å². The standard InChI is InChI=1S/C11H13N3OS/c1-8(15)9-3-5-10(6-4-9)16-11-12-7-13-14(11)2/h3-8,15H,1-2H3/t8-/m1/s1. The van der Waals surface area contributed by atoms with Crippen molar-refractivity contribution in [3.63, 3.8) is 0 Å². The van der Waals surface area contributed by atoms with Crippen LogP contribution in [0.2, 0.25) is 0 Å². The fraction of sp³-hybridized carbons (Fsp3) is 0.273. The molecule has 16 heavy (non-hydrogen) atoms. The highest BCUT2D eigenvalue weighted by atomic mass is 32.2. The smallest absolute Gasteiger partial charge is 0.190 e. The number of aliphatic hydroxyl groups is 1. The number of rotatable bonds is 3. The molecule has 0 aliphatic carbocycles. The maximum absolute atomic E-state index is 9.38. The summed E-state index contributed by atoms with van der Waals surface area (Å²) < 4.78 is 1.73. The first-order valence-corrected chi connectivity index (χ1v) is 5.78. The van der Waals surface area contributed by atoms with Crippen molar-refractivity contribution in [3.05, 3.63) is 36.2 Å². The van der Waals surface area contributed by atoms with Crippen LogP contribution in [0.4, 0.5) is 0 Å². The van der Waals surface area contributed by atoms with Crippen LogP contribution in [0.15, 0.2) is 40.6 Å². The molecule has 0 radical (unpaired) electrons. The summed E-state index contributed by atoms with van der Waals surface area (Å²) in [6.45, 7) is 1.75. The van der Waals surface area contributed by atoms with Crippen LogP contribution >= 0.6 is 11.8 Å². The van der Waals surface area contributed by atoms with E-state index < -0.39 is 6.10 Å². The summed E-state index contributed by atoms with van der Waals surface area (Å²) in [5, 5.41) is 14.2. The summed E-state index contributed by atoms with van der Waals surface area (Å²) in [4.78, 5) is 5.22. The first-order valence-electron chi connectivity index (χ1n) is 4.96. The number of hydrogen-bond acceptors (Lipinski definition) is 4. The molecule has 2 aromatic rings. The Hall–Kier alpha value is -1.33. The van der Waals surface area contributed by atoms with E-state index >= 15 is 0 Å². The summed E-state index contributed by atoms with van der Waals surface area (Å²) in [5.41, 5.74) is 0.919. The van der Waals surface area contributed by atoms with E-state index in [0.717, 1.165) is 15.6 Å². The molecule has 2 rings (SSSR count). The zero-order valence-corrected chi connectivity index (χ0v) is 9.98. The molecule has 1 heterocycles. The summed E-state index contributed by atoms with van der Waals surface area (Å²) in [7, 11) is 1.86. The van der Waals surface area contributed by atoms with Gasteiger partial charge in [-0.05, 0) is 24.6 Å². The molecule has 0 saturated carbocycles. The fourth-order valence-corrected chi connectivity index (χ4v) is 2.06. The average Bonchev–Trinajstić information content (AvgIpc) is 2.65. The zero-order valence-electron chi connectivity index (χ0n) is 9.16. The molecule has 0 amide bonds. The van der Waals surface area contributed by atoms with Crippen LogP contribution in [0.3, 0.4) is 0 Å². The predicted octanol–water partition coefficient (Wildman–Crippen LogP) is 2.02. The van der Waals surface area contributed by atoms with Crippen molar-refractivity contribution >= 4 is 11.8 Å². The predicted molar refractivity (Wildman–Crippen MR) is 62.2 cm³/mol. The van der Waals surface area contributed by atoms with E-state index in [1.807, 2.05) is 31.3 Å². The van der Waals surface area contributed by atoms with Crippen molar-refractivity contribution < 1.29 is 5.11 Å². The third kappa shape index (κ3) is 2.43. The minimum atomic E-state index is -0.422. The Morgan fingerprint density at radius 3 is 2.50 bits per heavy atom. The third-order valence-electron chi connectivity index (χ3n) is 2.24. The quantitative estimate of drug-likeness (QED) is 0.884. The number of nitrogens with zero attached hydrogens (tertiary/aromatic N) is 3. The van der Waals surface area contributed by atoms with Gasteiger partial charge in [-0.1, -0.05) is 23.9 Å². The van der Waals surface area contributed by atoms with Crippen LogP contribution in [0, 0.1) is 0 Å². The zero-order chi connectivity index (χ0) is 11.5. The van der Waals surface area contributed by atoms with Crippen molar-refractivity contribution in [2.24, 2.45) is 7.05 Å². The summed E-state index contributed by atoms with van der Waals surface area (Å²) in [5.74, 6) is 0. The lowest BCUT2D eigenvalue weighted by atomic mass is 10.1. The molecule has 1 N–H and O–H groups in total. The van der Waals surface area contributed by atoms with Crippen molar-refractivity contribution in [2.75, 3.05) is 0 Å². The maximum Gasteiger partial charge on any atom is 0.190 e. The van der Waals surface area contributed by atoms with Gasteiger partial charge in [-0.15, -0.1) is 0 Å². The second-order valence-electron chi connectivity index (χ2n) is 3.51. The first-order chi connectivity index (χ1) is 7.66. The number of aromatic nitrogens is 3. The van der Waals surface area contributed by atoms with E-state index in [1.165, 1.54) is 6.33 Å². The van der Waals surface area contributed by atoms with Crippen LogP contribution in [0.25, 0.3) is 0 Å². The maximum atomic E-state index is 9.38. The monoisotopic (exact) mass is 235 g/mol. The summed E-state index contributed by atoms with van der Waals surface area (Å²) in [6.07, 6.45) is 1.11. The molecular formula is C11H13N3OS. The second kappa shape index (κ2) is 4.67. The highest BCUT2D eigenvalue weighted by Gasteiger charge is 2.04. The van der Waals surface area contributed by atoms with Gasteiger partial charge in [0.2, 0.25) is 0 Å². The number of aliphatic hydroxyl groups excluding tert-OH is 1. The van der Waals surface area contributed by atoms with Gasteiger partial charge < -0.3 is 5.11 Å². The van der Waals surface area contributed by atoms with Gasteiger partial charge in [0.05, 0.1) is 6.10 Å². The minimum Gasteiger partial charge on any atom is -0.389 e. The Balaban J connectivity index is 2.14.